The van der Waals surface area contributed by atoms with Gasteiger partial charge in [-0.3, -0.25) is 9.69 Å². The number of rotatable bonds is 6. The van der Waals surface area contributed by atoms with Crippen LogP contribution in [0.1, 0.15) is 27.2 Å². The first-order valence-electron chi connectivity index (χ1n) is 6.68. The quantitative estimate of drug-likeness (QED) is 0.710. The van der Waals surface area contributed by atoms with Crippen LogP contribution in [0, 0.1) is 0 Å². The maximum Gasteiger partial charge on any atom is 0.246 e. The van der Waals surface area contributed by atoms with Gasteiger partial charge in [-0.1, -0.05) is 0 Å². The van der Waals surface area contributed by atoms with Crippen LogP contribution in [0.2, 0.25) is 0 Å². The maximum absolute atomic E-state index is 11.5. The van der Waals surface area contributed by atoms with Gasteiger partial charge in [-0.25, -0.2) is 0 Å². The van der Waals surface area contributed by atoms with Gasteiger partial charge in [0.2, 0.25) is 5.91 Å². The van der Waals surface area contributed by atoms with Crippen LogP contribution >= 0.6 is 0 Å². The zero-order chi connectivity index (χ0) is 13.4. The van der Waals surface area contributed by atoms with Gasteiger partial charge in [0, 0.05) is 19.6 Å². The third-order valence-corrected chi connectivity index (χ3v) is 2.71. The molecule has 0 bridgehead atoms. The summed E-state index contributed by atoms with van der Waals surface area (Å²) < 4.78 is 10.7. The van der Waals surface area contributed by atoms with Crippen LogP contribution in [0.25, 0.3) is 0 Å². The number of morpholine rings is 1. The molecule has 1 N–H and O–H groups in total. The summed E-state index contributed by atoms with van der Waals surface area (Å²) in [5.41, 5.74) is -0.259. The second-order valence-electron chi connectivity index (χ2n) is 5.56. The largest absolute Gasteiger partial charge is 0.379 e. The molecule has 0 aliphatic carbocycles. The van der Waals surface area contributed by atoms with Crippen LogP contribution in [0.15, 0.2) is 0 Å². The topological polar surface area (TPSA) is 50.8 Å². The number of amides is 1. The lowest BCUT2D eigenvalue weighted by Gasteiger charge is -2.26. The Bertz CT molecular complexity index is 245. The average molecular weight is 258 g/mol. The molecule has 1 aliphatic rings. The first-order chi connectivity index (χ1) is 8.47. The zero-order valence-corrected chi connectivity index (χ0v) is 11.8. The minimum atomic E-state index is -0.259. The van der Waals surface area contributed by atoms with E-state index in [1.165, 1.54) is 0 Å². The van der Waals surface area contributed by atoms with Gasteiger partial charge in [0.1, 0.15) is 6.61 Å². The monoisotopic (exact) mass is 258 g/mol. The Morgan fingerprint density at radius 2 is 2.00 bits per heavy atom. The molecule has 1 amide bonds. The smallest absolute Gasteiger partial charge is 0.246 e. The summed E-state index contributed by atoms with van der Waals surface area (Å²) in [6, 6.07) is 0. The van der Waals surface area contributed by atoms with Gasteiger partial charge in [0.15, 0.2) is 0 Å². The van der Waals surface area contributed by atoms with Gasteiger partial charge >= 0.3 is 0 Å². The SMILES string of the molecule is CC(C)(C)OCC(=O)NCCCN1CCOCC1. The summed E-state index contributed by atoms with van der Waals surface area (Å²) in [5.74, 6) is -0.0353. The van der Waals surface area contributed by atoms with E-state index in [-0.39, 0.29) is 18.1 Å². The van der Waals surface area contributed by atoms with Crippen molar-refractivity contribution in [3.63, 3.8) is 0 Å². The highest BCUT2D eigenvalue weighted by atomic mass is 16.5. The summed E-state index contributed by atoms with van der Waals surface area (Å²) in [6.45, 7) is 11.4. The molecule has 0 saturated carbocycles. The molecule has 0 unspecified atom stereocenters. The number of hydrogen-bond acceptors (Lipinski definition) is 4. The van der Waals surface area contributed by atoms with E-state index in [0.717, 1.165) is 39.3 Å². The standard InChI is InChI=1S/C13H26N2O3/c1-13(2,3)18-11-12(16)14-5-4-6-15-7-9-17-10-8-15/h4-11H2,1-3H3,(H,14,16). The molecule has 0 spiro atoms. The molecule has 1 fully saturated rings. The fourth-order valence-corrected chi connectivity index (χ4v) is 1.69. The van der Waals surface area contributed by atoms with Crippen molar-refractivity contribution in [3.05, 3.63) is 0 Å². The molecule has 1 rings (SSSR count). The third kappa shape index (κ3) is 7.63. The Hall–Kier alpha value is -0.650. The molecule has 0 atom stereocenters. The van der Waals surface area contributed by atoms with Crippen molar-refractivity contribution in [1.29, 1.82) is 0 Å². The Kier molecular flexibility index (Phi) is 6.60. The highest BCUT2D eigenvalue weighted by Crippen LogP contribution is 2.05. The molecule has 5 heteroatoms. The average Bonchev–Trinajstić information content (AvgIpc) is 2.33. The van der Waals surface area contributed by atoms with Crippen molar-refractivity contribution in [2.75, 3.05) is 46.0 Å². The van der Waals surface area contributed by atoms with Gasteiger partial charge < -0.3 is 14.8 Å². The van der Waals surface area contributed by atoms with E-state index in [2.05, 4.69) is 10.2 Å². The van der Waals surface area contributed by atoms with Gasteiger partial charge in [-0.15, -0.1) is 0 Å². The van der Waals surface area contributed by atoms with Gasteiger partial charge in [-0.05, 0) is 33.7 Å². The number of hydrogen-bond donors (Lipinski definition) is 1. The number of nitrogens with zero attached hydrogens (tertiary/aromatic N) is 1. The van der Waals surface area contributed by atoms with Crippen LogP contribution in [-0.4, -0.2) is 62.4 Å². The van der Waals surface area contributed by atoms with Crippen molar-refractivity contribution in [1.82, 2.24) is 10.2 Å². The number of nitrogens with one attached hydrogen (secondary N) is 1. The maximum atomic E-state index is 11.5. The molecule has 0 radical (unpaired) electrons. The fourth-order valence-electron chi connectivity index (χ4n) is 1.69. The molecule has 106 valence electrons. The number of carbonyl (C=O) groups excluding carboxylic acids is 1. The molecule has 0 aromatic heterocycles. The van der Waals surface area contributed by atoms with E-state index in [1.807, 2.05) is 20.8 Å². The van der Waals surface area contributed by atoms with Crippen molar-refractivity contribution >= 4 is 5.91 Å². The van der Waals surface area contributed by atoms with E-state index in [1.54, 1.807) is 0 Å². The summed E-state index contributed by atoms with van der Waals surface area (Å²) in [4.78, 5) is 13.8. The Morgan fingerprint density at radius 3 is 2.61 bits per heavy atom. The molecule has 0 aromatic carbocycles. The highest BCUT2D eigenvalue weighted by molar-refractivity contribution is 5.77. The summed E-state index contributed by atoms with van der Waals surface area (Å²) in [5, 5.41) is 2.87. The Labute approximate surface area is 110 Å². The van der Waals surface area contributed by atoms with E-state index in [0.29, 0.717) is 6.54 Å². The first kappa shape index (κ1) is 15.4. The number of ether oxygens (including phenoxy) is 2. The number of carbonyl (C=O) groups is 1. The Morgan fingerprint density at radius 1 is 1.33 bits per heavy atom. The normalized spacial score (nSPS) is 17.7. The summed E-state index contributed by atoms with van der Waals surface area (Å²) in [7, 11) is 0. The van der Waals surface area contributed by atoms with E-state index >= 15 is 0 Å². The van der Waals surface area contributed by atoms with Crippen molar-refractivity contribution in [2.45, 2.75) is 32.8 Å². The van der Waals surface area contributed by atoms with E-state index in [9.17, 15) is 4.79 Å². The molecular formula is C13H26N2O3. The van der Waals surface area contributed by atoms with Crippen LogP contribution in [0.4, 0.5) is 0 Å². The van der Waals surface area contributed by atoms with Crippen LogP contribution < -0.4 is 5.32 Å². The highest BCUT2D eigenvalue weighted by Gasteiger charge is 2.13. The molecule has 5 nitrogen and oxygen atoms in total. The molecular weight excluding hydrogens is 232 g/mol. The third-order valence-electron chi connectivity index (χ3n) is 2.71. The van der Waals surface area contributed by atoms with E-state index in [4.69, 9.17) is 9.47 Å². The first-order valence-corrected chi connectivity index (χ1v) is 6.68. The zero-order valence-electron chi connectivity index (χ0n) is 11.8. The van der Waals surface area contributed by atoms with Crippen LogP contribution in [-0.2, 0) is 14.3 Å². The molecule has 1 aliphatic heterocycles. The molecule has 1 saturated heterocycles. The van der Waals surface area contributed by atoms with Crippen molar-refractivity contribution in [3.8, 4) is 0 Å². The molecule has 18 heavy (non-hydrogen) atoms. The minimum absolute atomic E-state index is 0.0353. The van der Waals surface area contributed by atoms with Crippen molar-refractivity contribution in [2.24, 2.45) is 0 Å². The molecule has 0 aromatic rings. The predicted octanol–water partition coefficient (Wildman–Crippen LogP) is 0.640. The van der Waals surface area contributed by atoms with Crippen LogP contribution in [0.5, 0.6) is 0 Å². The van der Waals surface area contributed by atoms with Gasteiger partial charge in [0.05, 0.1) is 18.8 Å². The lowest BCUT2D eigenvalue weighted by atomic mass is 10.2. The fraction of sp³-hybridized carbons (Fsp3) is 0.923. The second-order valence-corrected chi connectivity index (χ2v) is 5.56. The van der Waals surface area contributed by atoms with Crippen LogP contribution in [0.3, 0.4) is 0 Å². The lowest BCUT2D eigenvalue weighted by Crippen LogP contribution is -2.38. The summed E-state index contributed by atoms with van der Waals surface area (Å²) in [6.07, 6.45) is 0.973. The predicted molar refractivity (Wildman–Crippen MR) is 70.6 cm³/mol. The molecule has 1 heterocycles. The Balaban J connectivity index is 1.98. The minimum Gasteiger partial charge on any atom is -0.379 e. The lowest BCUT2D eigenvalue weighted by molar-refractivity contribution is -0.130. The van der Waals surface area contributed by atoms with Gasteiger partial charge in [0.25, 0.3) is 0 Å². The van der Waals surface area contributed by atoms with E-state index < -0.39 is 0 Å². The second kappa shape index (κ2) is 7.71. The summed E-state index contributed by atoms with van der Waals surface area (Å²) >= 11 is 0. The van der Waals surface area contributed by atoms with Gasteiger partial charge in [-0.2, -0.15) is 0 Å². The van der Waals surface area contributed by atoms with Crippen molar-refractivity contribution < 1.29 is 14.3 Å².